The fraction of sp³-hybridized carbons (Fsp3) is 1.00. The molecule has 3 heteroatoms. The van der Waals surface area contributed by atoms with E-state index in [1.165, 1.54) is 77.0 Å². The molecule has 0 atom stereocenters. The second kappa shape index (κ2) is 18.8. The molecule has 0 aliphatic carbocycles. The predicted octanol–water partition coefficient (Wildman–Crippen LogP) is 5.27. The first kappa shape index (κ1) is 19.8. The van der Waals surface area contributed by atoms with Crippen molar-refractivity contribution < 1.29 is 5.37 Å². The predicted molar refractivity (Wildman–Crippen MR) is 84.4 cm³/mol. The fourth-order valence-corrected chi connectivity index (χ4v) is 4.13. The van der Waals surface area contributed by atoms with Crippen molar-refractivity contribution in [2.75, 3.05) is 13.2 Å². The maximum absolute atomic E-state index is 5.66. The van der Waals surface area contributed by atoms with Crippen molar-refractivity contribution in [3.63, 3.8) is 0 Å². The molecule has 0 heterocycles. The molecule has 0 aromatic rings. The molecule has 19 heavy (non-hydrogen) atoms. The second-order valence-corrected chi connectivity index (χ2v) is 8.21. The van der Waals surface area contributed by atoms with Crippen molar-refractivity contribution >= 4 is 25.1 Å². The van der Waals surface area contributed by atoms with E-state index in [1.54, 1.807) is 0 Å². The zero-order valence-electron chi connectivity index (χ0n) is 13.2. The summed E-state index contributed by atoms with van der Waals surface area (Å²) in [6, 6.07) is 0. The second-order valence-electron chi connectivity index (χ2n) is 5.32. The summed E-state index contributed by atoms with van der Waals surface area (Å²) in [7, 11) is 0. The van der Waals surface area contributed by atoms with Crippen molar-refractivity contribution in [2.24, 2.45) is 0 Å². The van der Waals surface area contributed by atoms with Crippen LogP contribution in [-0.2, 0) is 5.37 Å². The van der Waals surface area contributed by atoms with Gasteiger partial charge in [-0.1, -0.05) is 0 Å². The number of hydrogen-bond acceptors (Lipinski definition) is 2. The Kier molecular flexibility index (Phi) is 19.7. The first-order chi connectivity index (χ1) is 9.41. The molecule has 2 radical (unpaired) electrons. The molecule has 0 amide bonds. The monoisotopic (exact) mass is 466 g/mol. The average molecular weight is 466 g/mol. The standard InChI is InChI=1S/2C8H17O.Pb/c2*1-2-3-4-5-6-7-8-9;/h2*2-8H2,1H3;/q2*-1;+2. The van der Waals surface area contributed by atoms with E-state index in [4.69, 9.17) is 5.37 Å². The number of hydrogen-bond donors (Lipinski definition) is 0. The van der Waals surface area contributed by atoms with Crippen LogP contribution < -0.4 is 0 Å². The van der Waals surface area contributed by atoms with E-state index in [-0.39, 0.29) is 0 Å². The van der Waals surface area contributed by atoms with Crippen LogP contribution in [0, 0.1) is 0 Å². The third-order valence-corrected chi connectivity index (χ3v) is 5.82. The molecular formula is C16H34O2Pb. The van der Waals surface area contributed by atoms with Gasteiger partial charge in [0.05, 0.1) is 0 Å². The zero-order chi connectivity index (χ0) is 14.0. The first-order valence-corrected chi connectivity index (χ1v) is 11.6. The van der Waals surface area contributed by atoms with Crippen LogP contribution in [0.1, 0.15) is 90.9 Å². The third-order valence-electron chi connectivity index (χ3n) is 3.32. The molecule has 0 aromatic heterocycles. The zero-order valence-corrected chi connectivity index (χ0v) is 17.1. The first-order valence-electron chi connectivity index (χ1n) is 8.40. The Morgan fingerprint density at radius 3 is 1.32 bits per heavy atom. The summed E-state index contributed by atoms with van der Waals surface area (Å²) in [6.07, 6.45) is 16.1. The quantitative estimate of drug-likeness (QED) is 0.228. The topological polar surface area (TPSA) is 18.5 Å². The Morgan fingerprint density at radius 2 is 0.895 bits per heavy atom. The summed E-state index contributed by atoms with van der Waals surface area (Å²) >= 11 is -1.14. The number of unbranched alkanes of at least 4 members (excludes halogenated alkanes) is 10. The van der Waals surface area contributed by atoms with E-state index in [0.29, 0.717) is 0 Å². The van der Waals surface area contributed by atoms with Crippen molar-refractivity contribution in [2.45, 2.75) is 90.9 Å². The van der Waals surface area contributed by atoms with Gasteiger partial charge in [-0.2, -0.15) is 0 Å². The van der Waals surface area contributed by atoms with Crippen LogP contribution in [0.3, 0.4) is 0 Å². The van der Waals surface area contributed by atoms with Gasteiger partial charge in [-0.15, -0.1) is 0 Å². The normalized spacial score (nSPS) is 11.1. The Morgan fingerprint density at radius 1 is 0.526 bits per heavy atom. The van der Waals surface area contributed by atoms with Crippen LogP contribution in [0.4, 0.5) is 0 Å². The summed E-state index contributed by atoms with van der Waals surface area (Å²) in [6.45, 7) is 6.42. The molecule has 0 aromatic carbocycles. The molecule has 0 spiro atoms. The summed E-state index contributed by atoms with van der Waals surface area (Å²) < 4.78 is 11.3. The van der Waals surface area contributed by atoms with Gasteiger partial charge in [-0.3, -0.25) is 0 Å². The Hall–Kier alpha value is 0.842. The number of rotatable bonds is 16. The summed E-state index contributed by atoms with van der Waals surface area (Å²) in [5.74, 6) is 0. The van der Waals surface area contributed by atoms with Crippen LogP contribution in [-0.4, -0.2) is 38.4 Å². The molecule has 0 saturated carbocycles. The van der Waals surface area contributed by atoms with Crippen LogP contribution in [0.15, 0.2) is 0 Å². The van der Waals surface area contributed by atoms with Gasteiger partial charge in [0.25, 0.3) is 0 Å². The molecule has 0 rings (SSSR count). The van der Waals surface area contributed by atoms with E-state index in [0.717, 1.165) is 13.2 Å². The van der Waals surface area contributed by atoms with Crippen molar-refractivity contribution in [1.29, 1.82) is 0 Å². The van der Waals surface area contributed by atoms with E-state index in [9.17, 15) is 0 Å². The molecule has 0 unspecified atom stereocenters. The Bertz CT molecular complexity index is 138. The van der Waals surface area contributed by atoms with Gasteiger partial charge in [0.15, 0.2) is 0 Å². The molecular weight excluding hydrogens is 431 g/mol. The minimum absolute atomic E-state index is 0.950. The van der Waals surface area contributed by atoms with E-state index in [2.05, 4.69) is 13.8 Å². The van der Waals surface area contributed by atoms with Gasteiger partial charge >= 0.3 is 135 Å². The van der Waals surface area contributed by atoms with Crippen LogP contribution in [0.2, 0.25) is 0 Å². The molecule has 0 aliphatic rings. The molecule has 0 aliphatic heterocycles. The van der Waals surface area contributed by atoms with E-state index < -0.39 is 25.1 Å². The minimum atomic E-state index is -1.14. The molecule has 114 valence electrons. The van der Waals surface area contributed by atoms with E-state index >= 15 is 0 Å². The molecule has 0 N–H and O–H groups in total. The van der Waals surface area contributed by atoms with Crippen LogP contribution in [0.25, 0.3) is 0 Å². The summed E-state index contributed by atoms with van der Waals surface area (Å²) in [4.78, 5) is 0. The van der Waals surface area contributed by atoms with Gasteiger partial charge in [-0.05, 0) is 0 Å². The fourth-order valence-electron chi connectivity index (χ4n) is 2.03. The molecule has 2 nitrogen and oxygen atoms in total. The Labute approximate surface area is 134 Å². The van der Waals surface area contributed by atoms with Gasteiger partial charge in [0.2, 0.25) is 0 Å². The van der Waals surface area contributed by atoms with Crippen molar-refractivity contribution in [3.8, 4) is 0 Å². The van der Waals surface area contributed by atoms with E-state index in [1.807, 2.05) is 0 Å². The van der Waals surface area contributed by atoms with Crippen molar-refractivity contribution in [1.82, 2.24) is 0 Å². The van der Waals surface area contributed by atoms with Crippen molar-refractivity contribution in [3.05, 3.63) is 0 Å². The molecule has 0 fully saturated rings. The van der Waals surface area contributed by atoms with Gasteiger partial charge in [0, 0.05) is 0 Å². The average Bonchev–Trinajstić information content (AvgIpc) is 2.43. The SMILES string of the molecule is CCCCCCCC[O][Pb][O]CCCCCCCC. The summed E-state index contributed by atoms with van der Waals surface area (Å²) in [5, 5.41) is 0. The van der Waals surface area contributed by atoms with Crippen LogP contribution in [0.5, 0.6) is 0 Å². The molecule has 0 bridgehead atoms. The third kappa shape index (κ3) is 18.8. The molecule has 0 saturated heterocycles. The van der Waals surface area contributed by atoms with Gasteiger partial charge in [-0.25, -0.2) is 0 Å². The van der Waals surface area contributed by atoms with Crippen LogP contribution >= 0.6 is 0 Å². The Balaban J connectivity index is 2.88. The van der Waals surface area contributed by atoms with Gasteiger partial charge in [0.1, 0.15) is 0 Å². The van der Waals surface area contributed by atoms with Gasteiger partial charge < -0.3 is 0 Å². The summed E-state index contributed by atoms with van der Waals surface area (Å²) in [5.41, 5.74) is 0. The maximum atomic E-state index is 5.66.